The molecule has 0 amide bonds. The molecule has 0 unspecified atom stereocenters. The van der Waals surface area contributed by atoms with Crippen LogP contribution in [0.3, 0.4) is 0 Å². The molecule has 1 aliphatic rings. The Morgan fingerprint density at radius 3 is 2.60 bits per heavy atom. The third kappa shape index (κ3) is 5.79. The zero-order valence-electron chi connectivity index (χ0n) is 10.1. The topological polar surface area (TPSA) is 35.2 Å². The largest absolute Gasteiger partial charge is 0.381 e. The smallest absolute Gasteiger partial charge is 0.0476 e. The number of hydrogen-bond donors (Lipinski definition) is 1. The fraction of sp³-hybridized carbons (Fsp3) is 1.00. The summed E-state index contributed by atoms with van der Waals surface area (Å²) in [5, 5.41) is 0.847. The van der Waals surface area contributed by atoms with Gasteiger partial charge in [-0.1, -0.05) is 13.8 Å². The second-order valence-corrected chi connectivity index (χ2v) is 6.56. The van der Waals surface area contributed by atoms with Crippen LogP contribution in [0.15, 0.2) is 0 Å². The molecule has 0 atom stereocenters. The van der Waals surface area contributed by atoms with Crippen molar-refractivity contribution in [1.29, 1.82) is 0 Å². The summed E-state index contributed by atoms with van der Waals surface area (Å²) < 4.78 is 5.35. The van der Waals surface area contributed by atoms with Crippen molar-refractivity contribution in [1.82, 2.24) is 0 Å². The molecule has 1 fully saturated rings. The highest BCUT2D eigenvalue weighted by atomic mass is 32.2. The Balaban J connectivity index is 2.00. The molecule has 1 rings (SSSR count). The highest BCUT2D eigenvalue weighted by Crippen LogP contribution is 2.26. The zero-order valence-corrected chi connectivity index (χ0v) is 10.9. The van der Waals surface area contributed by atoms with Crippen LogP contribution in [0.4, 0.5) is 0 Å². The van der Waals surface area contributed by atoms with Gasteiger partial charge in [0.1, 0.15) is 0 Å². The quantitative estimate of drug-likeness (QED) is 0.714. The van der Waals surface area contributed by atoms with E-state index >= 15 is 0 Å². The molecular formula is C12H25NOS. The summed E-state index contributed by atoms with van der Waals surface area (Å²) in [4.78, 5) is 0. The minimum Gasteiger partial charge on any atom is -0.381 e. The van der Waals surface area contributed by atoms with Crippen LogP contribution < -0.4 is 5.73 Å². The Morgan fingerprint density at radius 2 is 2.00 bits per heavy atom. The molecule has 0 saturated carbocycles. The zero-order chi connectivity index (χ0) is 11.1. The average molecular weight is 231 g/mol. The predicted molar refractivity (Wildman–Crippen MR) is 68.4 cm³/mol. The first-order valence-corrected chi connectivity index (χ1v) is 7.08. The van der Waals surface area contributed by atoms with Crippen LogP contribution in [0, 0.1) is 5.41 Å². The first kappa shape index (κ1) is 13.3. The monoisotopic (exact) mass is 231 g/mol. The van der Waals surface area contributed by atoms with E-state index in [0.29, 0.717) is 5.41 Å². The van der Waals surface area contributed by atoms with E-state index in [0.717, 1.165) is 25.0 Å². The molecule has 1 aliphatic heterocycles. The molecule has 0 spiro atoms. The Hall–Kier alpha value is 0.270. The molecule has 0 aromatic heterocycles. The van der Waals surface area contributed by atoms with Gasteiger partial charge >= 0.3 is 0 Å². The van der Waals surface area contributed by atoms with Gasteiger partial charge in [0.15, 0.2) is 0 Å². The van der Waals surface area contributed by atoms with Gasteiger partial charge in [0.2, 0.25) is 0 Å². The Morgan fingerprint density at radius 1 is 1.33 bits per heavy atom. The van der Waals surface area contributed by atoms with Crippen molar-refractivity contribution in [2.24, 2.45) is 11.1 Å². The molecule has 2 N–H and O–H groups in total. The van der Waals surface area contributed by atoms with Crippen LogP contribution in [0.1, 0.15) is 39.5 Å². The minimum atomic E-state index is 0.330. The van der Waals surface area contributed by atoms with E-state index < -0.39 is 0 Å². The second kappa shape index (κ2) is 6.77. The van der Waals surface area contributed by atoms with E-state index in [4.69, 9.17) is 10.5 Å². The lowest BCUT2D eigenvalue weighted by Crippen LogP contribution is -2.23. The van der Waals surface area contributed by atoms with Crippen LogP contribution in [-0.2, 0) is 4.74 Å². The first-order valence-electron chi connectivity index (χ1n) is 6.03. The van der Waals surface area contributed by atoms with Crippen molar-refractivity contribution in [2.75, 3.05) is 25.5 Å². The summed E-state index contributed by atoms with van der Waals surface area (Å²) in [5.74, 6) is 1.29. The number of thioether (sulfide) groups is 1. The van der Waals surface area contributed by atoms with Crippen molar-refractivity contribution in [3.8, 4) is 0 Å². The molecule has 0 aromatic rings. The standard InChI is InChI=1S/C12H25NOS/c1-12(2,10-13)6-3-9-15-11-4-7-14-8-5-11/h11H,3-10,13H2,1-2H3. The van der Waals surface area contributed by atoms with Crippen molar-refractivity contribution >= 4 is 11.8 Å². The summed E-state index contributed by atoms with van der Waals surface area (Å²) in [7, 11) is 0. The van der Waals surface area contributed by atoms with E-state index in [1.807, 2.05) is 0 Å². The Kier molecular flexibility index (Phi) is 6.02. The molecule has 1 saturated heterocycles. The summed E-state index contributed by atoms with van der Waals surface area (Å²) in [6.07, 6.45) is 5.03. The molecule has 90 valence electrons. The number of nitrogens with two attached hydrogens (primary N) is 1. The molecular weight excluding hydrogens is 206 g/mol. The lowest BCUT2D eigenvalue weighted by molar-refractivity contribution is 0.1000. The van der Waals surface area contributed by atoms with E-state index in [9.17, 15) is 0 Å². The van der Waals surface area contributed by atoms with Gasteiger partial charge in [-0.05, 0) is 43.4 Å². The highest BCUT2D eigenvalue weighted by Gasteiger charge is 2.16. The molecule has 1 heterocycles. The molecule has 0 radical (unpaired) electrons. The number of ether oxygens (including phenoxy) is 1. The van der Waals surface area contributed by atoms with Gasteiger partial charge in [-0.25, -0.2) is 0 Å². The van der Waals surface area contributed by atoms with Gasteiger partial charge in [0.05, 0.1) is 0 Å². The predicted octanol–water partition coefficient (Wildman–Crippen LogP) is 2.66. The van der Waals surface area contributed by atoms with E-state index in [2.05, 4.69) is 25.6 Å². The Labute approximate surface area is 98.3 Å². The maximum Gasteiger partial charge on any atom is 0.0476 e. The maximum absolute atomic E-state index is 5.71. The summed E-state index contributed by atoms with van der Waals surface area (Å²) in [6, 6.07) is 0. The van der Waals surface area contributed by atoms with Gasteiger partial charge < -0.3 is 10.5 Å². The third-order valence-electron chi connectivity index (χ3n) is 3.07. The third-order valence-corrected chi connectivity index (χ3v) is 4.54. The molecule has 0 bridgehead atoms. The van der Waals surface area contributed by atoms with E-state index in [-0.39, 0.29) is 0 Å². The van der Waals surface area contributed by atoms with Crippen molar-refractivity contribution in [2.45, 2.75) is 44.8 Å². The maximum atomic E-state index is 5.71. The average Bonchev–Trinajstić information content (AvgIpc) is 2.26. The number of hydrogen-bond acceptors (Lipinski definition) is 3. The molecule has 15 heavy (non-hydrogen) atoms. The fourth-order valence-corrected chi connectivity index (χ4v) is 2.92. The van der Waals surface area contributed by atoms with Crippen molar-refractivity contribution < 1.29 is 4.74 Å². The van der Waals surface area contributed by atoms with Crippen LogP contribution in [0.5, 0.6) is 0 Å². The van der Waals surface area contributed by atoms with Crippen LogP contribution in [0.25, 0.3) is 0 Å². The first-order chi connectivity index (χ1) is 7.14. The fourth-order valence-electron chi connectivity index (χ4n) is 1.75. The van der Waals surface area contributed by atoms with Crippen molar-refractivity contribution in [3.05, 3.63) is 0 Å². The molecule has 2 nitrogen and oxygen atoms in total. The normalized spacial score (nSPS) is 19.4. The van der Waals surface area contributed by atoms with Crippen LogP contribution >= 0.6 is 11.8 Å². The Bertz CT molecular complexity index is 167. The number of rotatable bonds is 6. The van der Waals surface area contributed by atoms with Gasteiger partial charge in [-0.2, -0.15) is 11.8 Å². The van der Waals surface area contributed by atoms with Gasteiger partial charge in [-0.3, -0.25) is 0 Å². The molecule has 0 aliphatic carbocycles. The van der Waals surface area contributed by atoms with E-state index in [1.165, 1.54) is 31.4 Å². The highest BCUT2D eigenvalue weighted by molar-refractivity contribution is 7.99. The minimum absolute atomic E-state index is 0.330. The van der Waals surface area contributed by atoms with Gasteiger partial charge in [0, 0.05) is 18.5 Å². The molecule has 3 heteroatoms. The van der Waals surface area contributed by atoms with Crippen molar-refractivity contribution in [3.63, 3.8) is 0 Å². The SMILES string of the molecule is CC(C)(CN)CCCSC1CCOCC1. The van der Waals surface area contributed by atoms with Gasteiger partial charge in [0.25, 0.3) is 0 Å². The van der Waals surface area contributed by atoms with E-state index in [1.54, 1.807) is 0 Å². The lowest BCUT2D eigenvalue weighted by atomic mass is 9.88. The lowest BCUT2D eigenvalue weighted by Gasteiger charge is -2.24. The van der Waals surface area contributed by atoms with Crippen LogP contribution in [0.2, 0.25) is 0 Å². The summed E-state index contributed by atoms with van der Waals surface area (Å²) in [5.41, 5.74) is 6.04. The molecule has 0 aromatic carbocycles. The summed E-state index contributed by atoms with van der Waals surface area (Å²) >= 11 is 2.13. The van der Waals surface area contributed by atoms with Crippen LogP contribution in [-0.4, -0.2) is 30.8 Å². The second-order valence-electron chi connectivity index (χ2n) is 5.15. The van der Waals surface area contributed by atoms with Gasteiger partial charge in [-0.15, -0.1) is 0 Å². The summed E-state index contributed by atoms with van der Waals surface area (Å²) in [6.45, 7) is 7.24.